The summed E-state index contributed by atoms with van der Waals surface area (Å²) in [5, 5.41) is 0. The topological polar surface area (TPSA) is 80.8 Å². The number of imide groups is 1. The largest absolute Gasteiger partial charge is 0.454 e. The fourth-order valence-corrected chi connectivity index (χ4v) is 6.29. The number of anilines is 1. The molecule has 0 radical (unpaired) electrons. The van der Waals surface area contributed by atoms with E-state index >= 15 is 0 Å². The summed E-state index contributed by atoms with van der Waals surface area (Å²) in [6, 6.07) is 11.9. The molecular formula is C28H25NO5. The van der Waals surface area contributed by atoms with E-state index < -0.39 is 5.97 Å². The number of ketones is 1. The molecule has 5 aliphatic rings. The third-order valence-corrected chi connectivity index (χ3v) is 8.05. The van der Waals surface area contributed by atoms with E-state index in [2.05, 4.69) is 12.2 Å². The van der Waals surface area contributed by atoms with Crippen LogP contribution in [0.15, 0.2) is 54.6 Å². The van der Waals surface area contributed by atoms with Crippen LogP contribution in [0.3, 0.4) is 0 Å². The Balaban J connectivity index is 1.14. The molecule has 1 heterocycles. The molecule has 0 spiro atoms. The lowest BCUT2D eigenvalue weighted by molar-refractivity contribution is -0.124. The van der Waals surface area contributed by atoms with Crippen LogP contribution in [-0.2, 0) is 14.3 Å². The molecule has 3 fully saturated rings. The first-order chi connectivity index (χ1) is 16.3. The third kappa shape index (κ3) is 3.08. The summed E-state index contributed by atoms with van der Waals surface area (Å²) in [4.78, 5) is 52.8. The van der Waals surface area contributed by atoms with Crippen molar-refractivity contribution in [2.45, 2.75) is 20.3 Å². The van der Waals surface area contributed by atoms with Gasteiger partial charge in [0.2, 0.25) is 17.6 Å². The lowest BCUT2D eigenvalue weighted by Gasteiger charge is -2.37. The first-order valence-electron chi connectivity index (χ1n) is 11.8. The number of hydrogen-bond donors (Lipinski definition) is 0. The van der Waals surface area contributed by atoms with E-state index in [-0.39, 0.29) is 53.4 Å². The van der Waals surface area contributed by atoms with Gasteiger partial charge in [0.05, 0.1) is 23.1 Å². The van der Waals surface area contributed by atoms with Crippen molar-refractivity contribution in [1.29, 1.82) is 0 Å². The van der Waals surface area contributed by atoms with E-state index in [1.54, 1.807) is 18.2 Å². The fourth-order valence-electron chi connectivity index (χ4n) is 6.29. The van der Waals surface area contributed by atoms with Crippen LogP contribution in [0.25, 0.3) is 0 Å². The summed E-state index contributed by atoms with van der Waals surface area (Å²) in [7, 11) is 0. The van der Waals surface area contributed by atoms with Gasteiger partial charge >= 0.3 is 5.97 Å². The lowest BCUT2D eigenvalue weighted by atomic mass is 9.63. The van der Waals surface area contributed by atoms with E-state index in [9.17, 15) is 19.2 Å². The zero-order valence-corrected chi connectivity index (χ0v) is 19.1. The van der Waals surface area contributed by atoms with Crippen molar-refractivity contribution in [3.63, 3.8) is 0 Å². The second kappa shape index (κ2) is 7.49. The van der Waals surface area contributed by atoms with Gasteiger partial charge in [0, 0.05) is 5.56 Å². The molecule has 6 atom stereocenters. The minimum atomic E-state index is -0.625. The maximum absolute atomic E-state index is 13.2. The zero-order valence-electron chi connectivity index (χ0n) is 19.1. The summed E-state index contributed by atoms with van der Waals surface area (Å²) in [6.07, 6.45) is 5.42. The number of aryl methyl sites for hydroxylation is 2. The Hall–Kier alpha value is -3.54. The van der Waals surface area contributed by atoms with Gasteiger partial charge in [0.25, 0.3) is 0 Å². The van der Waals surface area contributed by atoms with Gasteiger partial charge in [-0.3, -0.25) is 19.3 Å². The van der Waals surface area contributed by atoms with Gasteiger partial charge in [0.1, 0.15) is 0 Å². The number of ether oxygens (including phenoxy) is 1. The lowest BCUT2D eigenvalue weighted by Crippen LogP contribution is -2.40. The molecule has 2 aromatic carbocycles. The summed E-state index contributed by atoms with van der Waals surface area (Å²) in [6.45, 7) is 3.39. The standard InChI is InChI=1S/C28H25NO5/c1-14-3-4-15(2)20(11-14)23(30)13-34-28(33)16-5-7-17(8-6-16)29-26(31)24-18-9-10-19(22-12-21(18)22)25(24)27(29)32/h3-11,18-19,21-22,24-25H,12-13H2,1-2H3/t18-,19-,21-,22+,24-,25+/m0/s1. The van der Waals surface area contributed by atoms with Gasteiger partial charge in [-0.15, -0.1) is 0 Å². The van der Waals surface area contributed by atoms with Crippen LogP contribution >= 0.6 is 0 Å². The van der Waals surface area contributed by atoms with Gasteiger partial charge in [-0.25, -0.2) is 4.79 Å². The Morgan fingerprint density at radius 2 is 1.53 bits per heavy atom. The van der Waals surface area contributed by atoms with Crippen LogP contribution in [0.1, 0.15) is 38.3 Å². The minimum Gasteiger partial charge on any atom is -0.454 e. The monoisotopic (exact) mass is 455 g/mol. The van der Waals surface area contributed by atoms with Crippen LogP contribution in [0.2, 0.25) is 0 Å². The van der Waals surface area contributed by atoms with Crippen LogP contribution in [0, 0.1) is 49.4 Å². The quantitative estimate of drug-likeness (QED) is 0.296. The molecule has 0 N–H and O–H groups in total. The number of hydrogen-bond acceptors (Lipinski definition) is 5. The molecule has 6 nitrogen and oxygen atoms in total. The van der Waals surface area contributed by atoms with Crippen molar-refractivity contribution in [2.75, 3.05) is 11.5 Å². The highest BCUT2D eigenvalue weighted by Crippen LogP contribution is 2.65. The number of carbonyl (C=O) groups excluding carboxylic acids is 4. The maximum Gasteiger partial charge on any atom is 0.338 e. The van der Waals surface area contributed by atoms with Crippen molar-refractivity contribution in [1.82, 2.24) is 0 Å². The van der Waals surface area contributed by atoms with Crippen molar-refractivity contribution in [2.24, 2.45) is 35.5 Å². The van der Waals surface area contributed by atoms with E-state index in [0.717, 1.165) is 17.5 Å². The Morgan fingerprint density at radius 3 is 2.15 bits per heavy atom. The maximum atomic E-state index is 13.2. The molecule has 2 bridgehead atoms. The smallest absolute Gasteiger partial charge is 0.338 e. The van der Waals surface area contributed by atoms with Gasteiger partial charge in [0.15, 0.2) is 6.61 Å². The first kappa shape index (κ1) is 21.0. The molecule has 1 aliphatic heterocycles. The molecule has 0 aromatic heterocycles. The van der Waals surface area contributed by atoms with Gasteiger partial charge in [-0.2, -0.15) is 0 Å². The molecule has 172 valence electrons. The Kier molecular flexibility index (Phi) is 4.63. The number of esters is 1. The molecule has 0 unspecified atom stereocenters. The second-order valence-corrected chi connectivity index (χ2v) is 10.0. The predicted octanol–water partition coefficient (Wildman–Crippen LogP) is 3.90. The Morgan fingerprint density at radius 1 is 0.912 bits per heavy atom. The number of nitrogens with zero attached hydrogens (tertiary/aromatic N) is 1. The van der Waals surface area contributed by atoms with E-state index in [4.69, 9.17) is 4.74 Å². The van der Waals surface area contributed by atoms with Crippen LogP contribution < -0.4 is 4.90 Å². The zero-order chi connectivity index (χ0) is 23.7. The van der Waals surface area contributed by atoms with Crippen LogP contribution in [-0.4, -0.2) is 30.2 Å². The van der Waals surface area contributed by atoms with E-state index in [0.29, 0.717) is 23.1 Å². The fraction of sp³-hybridized carbons (Fsp3) is 0.357. The van der Waals surface area contributed by atoms with Crippen molar-refractivity contribution >= 4 is 29.3 Å². The number of carbonyl (C=O) groups is 4. The van der Waals surface area contributed by atoms with Crippen molar-refractivity contribution < 1.29 is 23.9 Å². The van der Waals surface area contributed by atoms with Crippen molar-refractivity contribution in [3.05, 3.63) is 76.9 Å². The summed E-state index contributed by atoms with van der Waals surface area (Å²) in [5.41, 5.74) is 3.06. The van der Waals surface area contributed by atoms with Crippen molar-refractivity contribution in [3.8, 4) is 0 Å². The SMILES string of the molecule is Cc1ccc(C)c(C(=O)COC(=O)c2ccc(N3C(=O)[C@@H]4[C@H]5C=C[C@@H]([C@@H]6C[C@H]56)[C@@H]4C3=O)cc2)c1. The average Bonchev–Trinajstić information content (AvgIpc) is 3.62. The number of rotatable bonds is 5. The Labute approximate surface area is 197 Å². The highest BCUT2D eigenvalue weighted by Gasteiger charge is 2.67. The Bertz CT molecular complexity index is 1240. The minimum absolute atomic E-state index is 0.130. The number of amides is 2. The summed E-state index contributed by atoms with van der Waals surface area (Å²) >= 11 is 0. The highest BCUT2D eigenvalue weighted by atomic mass is 16.5. The first-order valence-corrected chi connectivity index (χ1v) is 11.8. The summed E-state index contributed by atoms with van der Waals surface area (Å²) in [5.74, 6) is -0.214. The highest BCUT2D eigenvalue weighted by molar-refractivity contribution is 6.22. The molecule has 4 aliphatic carbocycles. The predicted molar refractivity (Wildman–Crippen MR) is 124 cm³/mol. The molecule has 6 heteroatoms. The van der Waals surface area contributed by atoms with Gasteiger partial charge < -0.3 is 4.74 Å². The van der Waals surface area contributed by atoms with Crippen LogP contribution in [0.4, 0.5) is 5.69 Å². The molecular weight excluding hydrogens is 430 g/mol. The molecule has 1 saturated heterocycles. The van der Waals surface area contributed by atoms with E-state index in [1.807, 2.05) is 26.0 Å². The number of benzene rings is 2. The normalized spacial score (nSPS) is 30.2. The molecule has 7 rings (SSSR count). The van der Waals surface area contributed by atoms with Gasteiger partial charge in [-0.1, -0.05) is 29.8 Å². The molecule has 34 heavy (non-hydrogen) atoms. The number of Topliss-reactive ketones (excluding diaryl/α,β-unsaturated/α-hetero) is 1. The van der Waals surface area contributed by atoms with Crippen LogP contribution in [0.5, 0.6) is 0 Å². The summed E-state index contributed by atoms with van der Waals surface area (Å²) < 4.78 is 5.23. The molecule has 2 saturated carbocycles. The average molecular weight is 456 g/mol. The number of allylic oxidation sites excluding steroid dienone is 2. The van der Waals surface area contributed by atoms with Gasteiger partial charge in [-0.05, 0) is 79.8 Å². The molecule has 2 aromatic rings. The third-order valence-electron chi connectivity index (χ3n) is 8.05. The second-order valence-electron chi connectivity index (χ2n) is 10.0. The molecule has 2 amide bonds. The van der Waals surface area contributed by atoms with E-state index in [1.165, 1.54) is 17.0 Å².